The average molecular weight is 561 g/mol. The Morgan fingerprint density at radius 1 is 1.03 bits per heavy atom. The van der Waals surface area contributed by atoms with Gasteiger partial charge in [0.05, 0.1) is 23.0 Å². The first-order chi connectivity index (χ1) is 16.2. The van der Waals surface area contributed by atoms with Gasteiger partial charge in [-0.05, 0) is 35.9 Å². The second kappa shape index (κ2) is 9.87. The number of benzene rings is 3. The lowest BCUT2D eigenvalue weighted by atomic mass is 10.1. The maximum Gasteiger partial charge on any atom is 0.326 e. The van der Waals surface area contributed by atoms with Crippen LogP contribution in [0.2, 0.25) is 0 Å². The van der Waals surface area contributed by atoms with E-state index in [4.69, 9.17) is 0 Å². The summed E-state index contributed by atoms with van der Waals surface area (Å²) < 4.78 is 37.4. The highest BCUT2D eigenvalue weighted by Crippen LogP contribution is 2.27. The van der Waals surface area contributed by atoms with Crippen molar-refractivity contribution in [3.05, 3.63) is 82.3 Å². The Hall–Kier alpha value is -3.35. The molecule has 0 bridgehead atoms. The topological polar surface area (TPSA) is 138 Å². The number of nitrogens with one attached hydrogen (secondary N) is 2. The molecule has 0 aliphatic heterocycles. The van der Waals surface area contributed by atoms with Gasteiger partial charge < -0.3 is 10.4 Å². The third-order valence-corrected chi connectivity index (χ3v) is 7.33. The van der Waals surface area contributed by atoms with Gasteiger partial charge in [0.25, 0.3) is 15.9 Å². The maximum atomic E-state index is 13.2. The Morgan fingerprint density at radius 2 is 1.79 bits per heavy atom. The van der Waals surface area contributed by atoms with Crippen LogP contribution in [0.4, 0.5) is 5.69 Å². The van der Waals surface area contributed by atoms with Gasteiger partial charge in [-0.15, -0.1) is 0 Å². The van der Waals surface area contributed by atoms with Gasteiger partial charge in [0.15, 0.2) is 0 Å². The van der Waals surface area contributed by atoms with Crippen molar-refractivity contribution in [1.29, 1.82) is 0 Å². The largest absolute Gasteiger partial charge is 0.480 e. The van der Waals surface area contributed by atoms with E-state index in [9.17, 15) is 23.1 Å². The van der Waals surface area contributed by atoms with E-state index in [-0.39, 0.29) is 28.1 Å². The molecule has 1 atom stereocenters. The number of hydrogen-bond donors (Lipinski definition) is 3. The van der Waals surface area contributed by atoms with Gasteiger partial charge in [-0.25, -0.2) is 13.2 Å². The summed E-state index contributed by atoms with van der Waals surface area (Å²) in [4.78, 5) is 24.7. The Labute approximate surface area is 207 Å². The fraction of sp³-hybridized carbons (Fsp3) is 0.0909. The first-order valence-electron chi connectivity index (χ1n) is 9.86. The molecule has 12 heteroatoms. The van der Waals surface area contributed by atoms with Gasteiger partial charge in [0.2, 0.25) is 0 Å². The summed E-state index contributed by atoms with van der Waals surface area (Å²) in [6, 6.07) is 16.6. The van der Waals surface area contributed by atoms with Gasteiger partial charge in [-0.1, -0.05) is 52.3 Å². The molecule has 4 rings (SSSR count). The van der Waals surface area contributed by atoms with Gasteiger partial charge in [-0.3, -0.25) is 9.52 Å². The highest BCUT2D eigenvalue weighted by molar-refractivity contribution is 9.10. The van der Waals surface area contributed by atoms with Crippen LogP contribution in [0.3, 0.4) is 0 Å². The van der Waals surface area contributed by atoms with Crippen molar-refractivity contribution in [2.24, 2.45) is 0 Å². The zero-order chi connectivity index (χ0) is 24.3. The summed E-state index contributed by atoms with van der Waals surface area (Å²) in [6.07, 6.45) is 0.0678. The number of amides is 1. The van der Waals surface area contributed by atoms with E-state index in [2.05, 4.69) is 34.7 Å². The predicted molar refractivity (Wildman–Crippen MR) is 131 cm³/mol. The minimum Gasteiger partial charge on any atom is -0.480 e. The zero-order valence-corrected chi connectivity index (χ0v) is 20.5. The number of aromatic nitrogens is 2. The fourth-order valence-electron chi connectivity index (χ4n) is 3.28. The second-order valence-electron chi connectivity index (χ2n) is 7.24. The molecule has 3 N–H and O–H groups in total. The van der Waals surface area contributed by atoms with Crippen molar-refractivity contribution in [3.8, 4) is 0 Å². The molecule has 174 valence electrons. The predicted octanol–water partition coefficient (Wildman–Crippen LogP) is 3.68. The summed E-state index contributed by atoms with van der Waals surface area (Å²) in [7, 11) is -4.14. The molecule has 1 aromatic heterocycles. The SMILES string of the molecule is O=C(N[C@@H](Cc1ccccc1)C(=O)O)c1ccc(Br)cc1NS(=O)(=O)c1cccc2nsnc12. The van der Waals surface area contributed by atoms with Crippen LogP contribution in [0.1, 0.15) is 15.9 Å². The molecule has 0 saturated heterocycles. The number of carboxylic acids is 1. The third-order valence-electron chi connectivity index (χ3n) is 4.90. The molecular formula is C22H17BrN4O5S2. The van der Waals surface area contributed by atoms with E-state index >= 15 is 0 Å². The molecule has 0 spiro atoms. The highest BCUT2D eigenvalue weighted by Gasteiger charge is 2.25. The molecule has 9 nitrogen and oxygen atoms in total. The third kappa shape index (κ3) is 5.24. The summed E-state index contributed by atoms with van der Waals surface area (Å²) in [5.41, 5.74) is 1.34. The number of fused-ring (bicyclic) bond motifs is 1. The van der Waals surface area contributed by atoms with Gasteiger partial charge in [0.1, 0.15) is 22.0 Å². The quantitative estimate of drug-likeness (QED) is 0.298. The van der Waals surface area contributed by atoms with E-state index in [0.29, 0.717) is 9.99 Å². The minimum absolute atomic E-state index is 0.0177. The van der Waals surface area contributed by atoms with Crippen LogP contribution in [0, 0.1) is 0 Å². The molecule has 0 radical (unpaired) electrons. The lowest BCUT2D eigenvalue weighted by molar-refractivity contribution is -0.139. The van der Waals surface area contributed by atoms with Crippen molar-refractivity contribution in [2.75, 3.05) is 4.72 Å². The van der Waals surface area contributed by atoms with E-state index in [0.717, 1.165) is 17.3 Å². The number of carboxylic acid groups (broad SMARTS) is 1. The van der Waals surface area contributed by atoms with Crippen molar-refractivity contribution < 1.29 is 23.1 Å². The highest BCUT2D eigenvalue weighted by atomic mass is 79.9. The van der Waals surface area contributed by atoms with Crippen LogP contribution < -0.4 is 10.0 Å². The van der Waals surface area contributed by atoms with Crippen LogP contribution in [-0.2, 0) is 21.2 Å². The van der Waals surface area contributed by atoms with E-state index in [1.54, 1.807) is 48.5 Å². The van der Waals surface area contributed by atoms with Crippen molar-refractivity contribution in [2.45, 2.75) is 17.4 Å². The molecular weight excluding hydrogens is 544 g/mol. The Bertz CT molecular complexity index is 1480. The fourth-order valence-corrected chi connectivity index (χ4v) is 5.48. The molecule has 34 heavy (non-hydrogen) atoms. The minimum atomic E-state index is -4.14. The van der Waals surface area contributed by atoms with Crippen molar-refractivity contribution in [1.82, 2.24) is 14.1 Å². The Balaban J connectivity index is 1.63. The van der Waals surface area contributed by atoms with E-state index in [1.807, 2.05) is 0 Å². The molecule has 0 fully saturated rings. The number of sulfonamides is 1. The van der Waals surface area contributed by atoms with Crippen molar-refractivity contribution >= 4 is 66.3 Å². The van der Waals surface area contributed by atoms with Crippen LogP contribution in [0.25, 0.3) is 11.0 Å². The number of halogens is 1. The molecule has 0 unspecified atom stereocenters. The summed E-state index contributed by atoms with van der Waals surface area (Å²) >= 11 is 4.17. The summed E-state index contributed by atoms with van der Waals surface area (Å²) in [5, 5.41) is 12.1. The normalized spacial score (nSPS) is 12.3. The first-order valence-corrected chi connectivity index (χ1v) is 12.9. The Kier molecular flexibility index (Phi) is 6.91. The lowest BCUT2D eigenvalue weighted by Crippen LogP contribution is -2.42. The monoisotopic (exact) mass is 560 g/mol. The van der Waals surface area contributed by atoms with Gasteiger partial charge in [-0.2, -0.15) is 8.75 Å². The summed E-state index contributed by atoms with van der Waals surface area (Å²) in [6.45, 7) is 0. The second-order valence-corrected chi connectivity index (χ2v) is 10.3. The molecule has 4 aromatic rings. The zero-order valence-electron chi connectivity index (χ0n) is 17.3. The van der Waals surface area contributed by atoms with Crippen LogP contribution in [0.15, 0.2) is 76.1 Å². The maximum absolute atomic E-state index is 13.2. The molecule has 1 heterocycles. The molecule has 1 amide bonds. The van der Waals surface area contributed by atoms with Crippen LogP contribution in [0.5, 0.6) is 0 Å². The number of rotatable bonds is 8. The smallest absolute Gasteiger partial charge is 0.326 e. The van der Waals surface area contributed by atoms with Gasteiger partial charge >= 0.3 is 5.97 Å². The number of carbonyl (C=O) groups excluding carboxylic acids is 1. The summed E-state index contributed by atoms with van der Waals surface area (Å²) in [5.74, 6) is -1.94. The first kappa shape index (κ1) is 23.8. The number of aliphatic carboxylic acids is 1. The van der Waals surface area contributed by atoms with Gasteiger partial charge in [0, 0.05) is 10.9 Å². The number of anilines is 1. The van der Waals surface area contributed by atoms with Crippen molar-refractivity contribution in [3.63, 3.8) is 0 Å². The average Bonchev–Trinajstić information content (AvgIpc) is 3.28. The number of hydrogen-bond acceptors (Lipinski definition) is 7. The standard InChI is InChI=1S/C22H17BrN4O5S2/c23-14-9-10-15(21(28)24-18(22(29)30)11-13-5-2-1-3-6-13)17(12-14)27-34(31,32)19-8-4-7-16-20(19)26-33-25-16/h1-10,12,18,27H,11H2,(H,24,28)(H,29,30)/t18-/m0/s1. The molecule has 0 saturated carbocycles. The molecule has 0 aliphatic rings. The van der Waals surface area contributed by atoms with E-state index < -0.39 is 27.9 Å². The molecule has 3 aromatic carbocycles. The number of carbonyl (C=O) groups is 2. The molecule has 0 aliphatic carbocycles. The van der Waals surface area contributed by atoms with E-state index in [1.165, 1.54) is 18.2 Å². The Morgan fingerprint density at radius 3 is 2.53 bits per heavy atom. The number of nitrogens with zero attached hydrogens (tertiary/aromatic N) is 2. The van der Waals surface area contributed by atoms with Crippen LogP contribution >= 0.6 is 27.7 Å². The van der Waals surface area contributed by atoms with Crippen LogP contribution in [-0.4, -0.2) is 40.2 Å². The lowest BCUT2D eigenvalue weighted by Gasteiger charge is -2.17.